The summed E-state index contributed by atoms with van der Waals surface area (Å²) in [7, 11) is 1.64. The van der Waals surface area contributed by atoms with Gasteiger partial charge in [0.1, 0.15) is 0 Å². The van der Waals surface area contributed by atoms with Crippen molar-refractivity contribution in [3.63, 3.8) is 0 Å². The van der Waals surface area contributed by atoms with Crippen LogP contribution in [0.4, 0.5) is 0 Å². The number of nitrogens with one attached hydrogen (secondary N) is 3. The lowest BCUT2D eigenvalue weighted by atomic mass is 10.2. The van der Waals surface area contributed by atoms with Gasteiger partial charge in [-0.1, -0.05) is 6.42 Å². The van der Waals surface area contributed by atoms with Crippen molar-refractivity contribution in [1.82, 2.24) is 16.0 Å². The number of methoxy groups -OCH3 is 1. The minimum atomic E-state index is -0.983. The number of ether oxygens (including phenoxy) is 12. The largest absolute Gasteiger partial charge is 0.481 e. The summed E-state index contributed by atoms with van der Waals surface area (Å²) in [5, 5.41) is 16.5. The lowest BCUT2D eigenvalue weighted by molar-refractivity contribution is -0.137. The Balaban J connectivity index is 3.21. The molecule has 0 fully saturated rings. The Kier molecular flexibility index (Phi) is 45.0. The maximum atomic E-state index is 11.9. The smallest absolute Gasteiger partial charge is 0.305 e. The fraction of sp³-hybridized carbons (Fsp3) is 0.895. The van der Waals surface area contributed by atoms with Crippen LogP contribution in [0.5, 0.6) is 0 Å². The quantitative estimate of drug-likeness (QED) is 0.0589. The maximum Gasteiger partial charge on any atom is 0.305 e. The van der Waals surface area contributed by atoms with Gasteiger partial charge in [0.2, 0.25) is 17.7 Å². The van der Waals surface area contributed by atoms with Crippen molar-refractivity contribution in [3.8, 4) is 0 Å². The van der Waals surface area contributed by atoms with Crippen molar-refractivity contribution in [2.24, 2.45) is 0 Å². The Morgan fingerprint density at radius 1 is 0.328 bits per heavy atom. The summed E-state index contributed by atoms with van der Waals surface area (Å²) in [6.45, 7) is 11.8. The van der Waals surface area contributed by atoms with Crippen LogP contribution in [0, 0.1) is 0 Å². The van der Waals surface area contributed by atoms with E-state index >= 15 is 0 Å². The van der Waals surface area contributed by atoms with E-state index in [0.717, 1.165) is 12.8 Å². The minimum absolute atomic E-state index is 0.0658. The summed E-state index contributed by atoms with van der Waals surface area (Å²) in [5.41, 5.74) is 0. The number of amides is 3. The highest BCUT2D eigenvalue weighted by Crippen LogP contribution is 1.99. The van der Waals surface area contributed by atoms with Gasteiger partial charge in [0.15, 0.2) is 0 Å². The Morgan fingerprint density at radius 3 is 0.983 bits per heavy atom. The number of hydrogen-bond donors (Lipinski definition) is 4. The molecule has 20 heteroatoms. The van der Waals surface area contributed by atoms with E-state index < -0.39 is 5.97 Å². The fourth-order valence-electron chi connectivity index (χ4n) is 4.31. The fourth-order valence-corrected chi connectivity index (χ4v) is 4.31. The molecule has 0 aliphatic heterocycles. The first-order valence-electron chi connectivity index (χ1n) is 20.3. The number of carbonyl (C=O) groups excluding carboxylic acids is 3. The molecule has 0 aromatic rings. The molecular formula is C38H73N3O17. The predicted octanol–water partition coefficient (Wildman–Crippen LogP) is -0.0207. The molecule has 0 saturated heterocycles. The average Bonchev–Trinajstić information content (AvgIpc) is 3.20. The topological polar surface area (TPSA) is 235 Å². The SMILES string of the molecule is COCCOCCOCCOCCOCCOCCOCCOCCOCCOCCOCCOCCC(=O)NCCCCCC(=O)NCCC(=O)NCCC(=O)O. The zero-order valence-corrected chi connectivity index (χ0v) is 34.8. The Labute approximate surface area is 344 Å². The van der Waals surface area contributed by atoms with E-state index in [9.17, 15) is 19.2 Å². The first kappa shape index (κ1) is 55.4. The Morgan fingerprint density at radius 2 is 0.621 bits per heavy atom. The van der Waals surface area contributed by atoms with E-state index in [4.69, 9.17) is 61.9 Å². The van der Waals surface area contributed by atoms with E-state index in [1.54, 1.807) is 7.11 Å². The maximum absolute atomic E-state index is 11.9. The van der Waals surface area contributed by atoms with Gasteiger partial charge in [-0.25, -0.2) is 0 Å². The average molecular weight is 844 g/mol. The third kappa shape index (κ3) is 47.8. The summed E-state index contributed by atoms with van der Waals surface area (Å²) in [6.07, 6.45) is 2.74. The second-order valence-corrected chi connectivity index (χ2v) is 12.2. The van der Waals surface area contributed by atoms with Crippen molar-refractivity contribution in [2.45, 2.75) is 44.9 Å². The molecule has 0 atom stereocenters. The van der Waals surface area contributed by atoms with Crippen LogP contribution in [0.25, 0.3) is 0 Å². The van der Waals surface area contributed by atoms with Crippen LogP contribution in [-0.2, 0) is 76.0 Å². The van der Waals surface area contributed by atoms with Gasteiger partial charge < -0.3 is 77.9 Å². The lowest BCUT2D eigenvalue weighted by Crippen LogP contribution is -2.31. The molecule has 0 aromatic heterocycles. The summed E-state index contributed by atoms with van der Waals surface area (Å²) < 4.78 is 64.8. The van der Waals surface area contributed by atoms with Crippen LogP contribution in [0.3, 0.4) is 0 Å². The predicted molar refractivity (Wildman–Crippen MR) is 210 cm³/mol. The molecule has 58 heavy (non-hydrogen) atoms. The number of unbranched alkanes of at least 4 members (excludes halogenated alkanes) is 2. The van der Waals surface area contributed by atoms with Gasteiger partial charge in [-0.2, -0.15) is 0 Å². The van der Waals surface area contributed by atoms with E-state index in [2.05, 4.69) is 16.0 Å². The number of rotatable bonds is 48. The Bertz CT molecular complexity index is 939. The molecule has 0 bridgehead atoms. The Hall–Kier alpha value is -2.60. The van der Waals surface area contributed by atoms with Gasteiger partial charge in [0.25, 0.3) is 0 Å². The molecule has 0 heterocycles. The molecule has 20 nitrogen and oxygen atoms in total. The number of carboxylic acid groups (broad SMARTS) is 1. The third-order valence-electron chi connectivity index (χ3n) is 7.36. The van der Waals surface area contributed by atoms with Crippen LogP contribution < -0.4 is 16.0 Å². The normalized spacial score (nSPS) is 11.2. The van der Waals surface area contributed by atoms with Gasteiger partial charge in [-0.05, 0) is 12.8 Å². The van der Waals surface area contributed by atoms with Crippen molar-refractivity contribution < 1.29 is 81.1 Å². The standard InChI is InChI=1S/C38H73N3O17/c1-47-13-14-49-17-18-51-21-22-53-25-26-55-29-30-57-33-34-58-32-31-56-28-27-54-24-23-52-20-19-50-16-15-48-12-8-37(44)39-9-4-2-3-5-35(42)40-10-6-36(43)41-11-7-38(45)46/h2-34H2,1H3,(H,39,44)(H,40,42)(H,41,43)(H,45,46). The van der Waals surface area contributed by atoms with E-state index in [0.29, 0.717) is 171 Å². The van der Waals surface area contributed by atoms with Gasteiger partial charge in [0.05, 0.1) is 158 Å². The van der Waals surface area contributed by atoms with Crippen LogP contribution >= 0.6 is 0 Å². The van der Waals surface area contributed by atoms with E-state index in [-0.39, 0.29) is 50.1 Å². The summed E-state index contributed by atoms with van der Waals surface area (Å²) in [4.78, 5) is 45.7. The van der Waals surface area contributed by atoms with Crippen LogP contribution in [0.15, 0.2) is 0 Å². The van der Waals surface area contributed by atoms with Crippen LogP contribution in [0.1, 0.15) is 44.9 Å². The lowest BCUT2D eigenvalue weighted by Gasteiger charge is -2.09. The molecule has 0 saturated carbocycles. The highest BCUT2D eigenvalue weighted by Gasteiger charge is 2.06. The van der Waals surface area contributed by atoms with Crippen molar-refractivity contribution >= 4 is 23.7 Å². The molecule has 0 radical (unpaired) electrons. The monoisotopic (exact) mass is 843 g/mol. The minimum Gasteiger partial charge on any atom is -0.481 e. The molecule has 0 rings (SSSR count). The third-order valence-corrected chi connectivity index (χ3v) is 7.36. The second kappa shape index (κ2) is 47.1. The van der Waals surface area contributed by atoms with Gasteiger partial charge >= 0.3 is 5.97 Å². The van der Waals surface area contributed by atoms with Gasteiger partial charge in [-0.15, -0.1) is 0 Å². The van der Waals surface area contributed by atoms with Crippen molar-refractivity contribution in [1.29, 1.82) is 0 Å². The number of aliphatic carboxylic acids is 1. The highest BCUT2D eigenvalue weighted by molar-refractivity contribution is 5.79. The molecular weight excluding hydrogens is 770 g/mol. The van der Waals surface area contributed by atoms with Crippen molar-refractivity contribution in [2.75, 3.05) is 179 Å². The molecule has 4 N–H and O–H groups in total. The molecule has 0 aliphatic carbocycles. The van der Waals surface area contributed by atoms with Crippen LogP contribution in [0.2, 0.25) is 0 Å². The summed E-state index contributed by atoms with van der Waals surface area (Å²) in [5.74, 6) is -1.53. The van der Waals surface area contributed by atoms with E-state index in [1.165, 1.54) is 0 Å². The molecule has 3 amide bonds. The number of carboxylic acids is 1. The summed E-state index contributed by atoms with van der Waals surface area (Å²) >= 11 is 0. The van der Waals surface area contributed by atoms with Gasteiger partial charge in [-0.3, -0.25) is 19.2 Å². The van der Waals surface area contributed by atoms with Crippen LogP contribution in [-0.4, -0.2) is 207 Å². The second-order valence-electron chi connectivity index (χ2n) is 12.2. The number of hydrogen-bond acceptors (Lipinski definition) is 16. The van der Waals surface area contributed by atoms with Crippen molar-refractivity contribution in [3.05, 3.63) is 0 Å². The molecule has 0 spiro atoms. The summed E-state index contributed by atoms with van der Waals surface area (Å²) in [6, 6.07) is 0. The molecule has 0 aliphatic rings. The van der Waals surface area contributed by atoms with Gasteiger partial charge in [0, 0.05) is 46.0 Å². The first-order chi connectivity index (χ1) is 28.5. The zero-order valence-electron chi connectivity index (χ0n) is 34.8. The number of carbonyl (C=O) groups is 4. The zero-order chi connectivity index (χ0) is 42.3. The van der Waals surface area contributed by atoms with E-state index in [1.807, 2.05) is 0 Å². The first-order valence-corrected chi connectivity index (χ1v) is 20.3. The molecule has 0 unspecified atom stereocenters. The molecule has 0 aromatic carbocycles. The highest BCUT2D eigenvalue weighted by atomic mass is 16.6. The molecule has 342 valence electrons.